The van der Waals surface area contributed by atoms with Crippen molar-refractivity contribution < 1.29 is 19.1 Å². The molecule has 1 N–H and O–H groups in total. The summed E-state index contributed by atoms with van der Waals surface area (Å²) in [5.41, 5.74) is 1.33. The molecule has 2 aromatic rings. The zero-order chi connectivity index (χ0) is 21.6. The van der Waals surface area contributed by atoms with Gasteiger partial charge in [0.25, 0.3) is 0 Å². The number of quaternary nitrogens is 1. The second-order valence-corrected chi connectivity index (χ2v) is 7.31. The van der Waals surface area contributed by atoms with Crippen LogP contribution in [-0.2, 0) is 16.1 Å². The Morgan fingerprint density at radius 2 is 1.87 bits per heavy atom. The zero-order valence-electron chi connectivity index (χ0n) is 17.3. The molecule has 3 amide bonds. The van der Waals surface area contributed by atoms with Crippen molar-refractivity contribution in [1.82, 2.24) is 19.7 Å². The van der Waals surface area contributed by atoms with Gasteiger partial charge in [0.05, 0.1) is 25.8 Å². The number of hydrogen-bond acceptors (Lipinski definition) is 5. The number of benzene rings is 1. The molecule has 0 bridgehead atoms. The number of urea groups is 1. The highest BCUT2D eigenvalue weighted by Crippen LogP contribution is 2.24. The lowest BCUT2D eigenvalue weighted by atomic mass is 10.1. The SMILES string of the molecule is COC(=O)c1ccc(CNC(=O)[N+]2(c3ccccn3)CCCN(C(C)=O)CC2)cc1. The first-order valence-electron chi connectivity index (χ1n) is 9.96. The summed E-state index contributed by atoms with van der Waals surface area (Å²) in [6.07, 6.45) is 2.39. The van der Waals surface area contributed by atoms with Gasteiger partial charge in [-0.25, -0.2) is 14.6 Å². The van der Waals surface area contributed by atoms with E-state index < -0.39 is 5.97 Å². The van der Waals surface area contributed by atoms with Gasteiger partial charge in [0, 0.05) is 38.7 Å². The molecule has 1 saturated heterocycles. The standard InChI is InChI=1S/C22H26N4O4/c1-17(27)25-12-5-14-26(15-13-25,20-6-3-4-11-23-20)22(29)24-16-18-7-9-19(10-8-18)21(28)30-2/h3-4,6-11H,5,12-16H2,1-2H3/p+1. The molecular formula is C22H27N4O4+. The van der Waals surface area contributed by atoms with Crippen molar-refractivity contribution in [3.05, 3.63) is 59.8 Å². The molecule has 2 heterocycles. The lowest BCUT2D eigenvalue weighted by molar-refractivity contribution is -0.128. The van der Waals surface area contributed by atoms with Gasteiger partial charge in [-0.3, -0.25) is 4.79 Å². The van der Waals surface area contributed by atoms with Crippen LogP contribution < -0.4 is 9.80 Å². The average Bonchev–Trinajstić information content (AvgIpc) is 3.02. The predicted octanol–water partition coefficient (Wildman–Crippen LogP) is 2.34. The maximum atomic E-state index is 13.4. The van der Waals surface area contributed by atoms with Gasteiger partial charge < -0.3 is 15.0 Å². The molecule has 0 spiro atoms. The number of nitrogens with one attached hydrogen (secondary N) is 1. The number of hydrogen-bond donors (Lipinski definition) is 1. The van der Waals surface area contributed by atoms with Crippen molar-refractivity contribution in [2.75, 3.05) is 33.3 Å². The van der Waals surface area contributed by atoms with Gasteiger partial charge in [-0.05, 0) is 23.8 Å². The molecule has 1 fully saturated rings. The Balaban J connectivity index is 1.78. The first-order valence-corrected chi connectivity index (χ1v) is 9.96. The molecule has 1 unspecified atom stereocenters. The average molecular weight is 411 g/mol. The molecule has 1 aromatic carbocycles. The Bertz CT molecular complexity index is 901. The molecule has 0 saturated carbocycles. The molecule has 1 atom stereocenters. The maximum absolute atomic E-state index is 13.4. The summed E-state index contributed by atoms with van der Waals surface area (Å²) in [5, 5.41) is 3.02. The molecule has 30 heavy (non-hydrogen) atoms. The number of esters is 1. The van der Waals surface area contributed by atoms with E-state index in [-0.39, 0.29) is 16.4 Å². The molecule has 158 valence electrons. The fraction of sp³-hybridized carbons (Fsp3) is 0.364. The van der Waals surface area contributed by atoms with E-state index in [2.05, 4.69) is 10.3 Å². The van der Waals surface area contributed by atoms with Gasteiger partial charge in [-0.15, -0.1) is 0 Å². The summed E-state index contributed by atoms with van der Waals surface area (Å²) in [6.45, 7) is 4.03. The van der Waals surface area contributed by atoms with Gasteiger partial charge in [0.1, 0.15) is 6.54 Å². The topological polar surface area (TPSA) is 88.6 Å². The van der Waals surface area contributed by atoms with Crippen LogP contribution in [0.5, 0.6) is 0 Å². The minimum absolute atomic E-state index is 0.0159. The third-order valence-electron chi connectivity index (χ3n) is 5.46. The van der Waals surface area contributed by atoms with Crippen molar-refractivity contribution >= 4 is 23.7 Å². The summed E-state index contributed by atoms with van der Waals surface area (Å²) in [4.78, 5) is 43.0. The summed E-state index contributed by atoms with van der Waals surface area (Å²) in [5.74, 6) is 0.286. The van der Waals surface area contributed by atoms with Crippen molar-refractivity contribution in [1.29, 1.82) is 0 Å². The second kappa shape index (κ2) is 9.49. The van der Waals surface area contributed by atoms with Gasteiger partial charge in [0.15, 0.2) is 0 Å². The smallest absolute Gasteiger partial charge is 0.423 e. The molecule has 1 aromatic heterocycles. The zero-order valence-corrected chi connectivity index (χ0v) is 17.3. The van der Waals surface area contributed by atoms with Crippen LogP contribution in [0.25, 0.3) is 0 Å². The van der Waals surface area contributed by atoms with Gasteiger partial charge in [-0.2, -0.15) is 4.48 Å². The van der Waals surface area contributed by atoms with E-state index in [1.165, 1.54) is 7.11 Å². The predicted molar refractivity (Wildman–Crippen MR) is 113 cm³/mol. The largest absolute Gasteiger partial charge is 0.465 e. The summed E-state index contributed by atoms with van der Waals surface area (Å²) in [7, 11) is 1.34. The molecule has 0 radical (unpaired) electrons. The van der Waals surface area contributed by atoms with Crippen LogP contribution in [0, 0.1) is 0 Å². The first kappa shape index (κ1) is 21.4. The number of pyridine rings is 1. The summed E-state index contributed by atoms with van der Waals surface area (Å²) < 4.78 is 4.75. The third-order valence-corrected chi connectivity index (χ3v) is 5.46. The molecule has 0 aliphatic carbocycles. The number of carbonyl (C=O) groups is 3. The fourth-order valence-electron chi connectivity index (χ4n) is 3.71. The molecule has 3 rings (SSSR count). The van der Waals surface area contributed by atoms with E-state index in [4.69, 9.17) is 4.74 Å². The quantitative estimate of drug-likeness (QED) is 0.616. The first-order chi connectivity index (χ1) is 14.5. The van der Waals surface area contributed by atoms with Crippen LogP contribution >= 0.6 is 0 Å². The van der Waals surface area contributed by atoms with Crippen LogP contribution in [0.1, 0.15) is 29.3 Å². The molecule has 1 aliphatic heterocycles. The van der Waals surface area contributed by atoms with E-state index in [1.807, 2.05) is 18.2 Å². The molecular weight excluding hydrogens is 384 g/mol. The minimum atomic E-state index is -0.398. The van der Waals surface area contributed by atoms with Crippen molar-refractivity contribution in [2.24, 2.45) is 0 Å². The Labute approximate surface area is 176 Å². The highest BCUT2D eigenvalue weighted by molar-refractivity contribution is 5.89. The van der Waals surface area contributed by atoms with Crippen LogP contribution in [0.15, 0.2) is 48.7 Å². The van der Waals surface area contributed by atoms with E-state index in [0.717, 1.165) is 5.56 Å². The lowest BCUT2D eigenvalue weighted by Crippen LogP contribution is -2.60. The molecule has 8 nitrogen and oxygen atoms in total. The van der Waals surface area contributed by atoms with E-state index in [1.54, 1.807) is 42.3 Å². The Hall–Kier alpha value is -3.26. The molecule has 8 heteroatoms. The number of rotatable bonds is 4. The van der Waals surface area contributed by atoms with Crippen molar-refractivity contribution in [3.63, 3.8) is 0 Å². The highest BCUT2D eigenvalue weighted by Gasteiger charge is 2.42. The Morgan fingerprint density at radius 1 is 1.10 bits per heavy atom. The Kier molecular flexibility index (Phi) is 6.79. The van der Waals surface area contributed by atoms with Crippen molar-refractivity contribution in [3.8, 4) is 0 Å². The van der Waals surface area contributed by atoms with Crippen LogP contribution in [0.2, 0.25) is 0 Å². The van der Waals surface area contributed by atoms with Crippen LogP contribution in [0.3, 0.4) is 0 Å². The number of nitrogens with zero attached hydrogens (tertiary/aromatic N) is 3. The van der Waals surface area contributed by atoms with E-state index in [9.17, 15) is 14.4 Å². The number of carbonyl (C=O) groups excluding carboxylic acids is 3. The number of amides is 3. The molecule has 1 aliphatic rings. The third kappa shape index (κ3) is 4.65. The minimum Gasteiger partial charge on any atom is -0.465 e. The van der Waals surface area contributed by atoms with Gasteiger partial charge >= 0.3 is 12.0 Å². The summed E-state index contributed by atoms with van der Waals surface area (Å²) >= 11 is 0. The van der Waals surface area contributed by atoms with Gasteiger partial charge in [0.2, 0.25) is 11.7 Å². The highest BCUT2D eigenvalue weighted by atomic mass is 16.5. The van der Waals surface area contributed by atoms with Gasteiger partial charge in [-0.1, -0.05) is 18.2 Å². The van der Waals surface area contributed by atoms with E-state index in [0.29, 0.717) is 50.5 Å². The second-order valence-electron chi connectivity index (χ2n) is 7.31. The van der Waals surface area contributed by atoms with Crippen LogP contribution in [0.4, 0.5) is 10.6 Å². The normalized spacial score (nSPS) is 18.9. The summed E-state index contributed by atoms with van der Waals surface area (Å²) in [6, 6.07) is 12.3. The monoisotopic (exact) mass is 411 g/mol. The fourth-order valence-corrected chi connectivity index (χ4v) is 3.71. The number of ether oxygens (including phenoxy) is 1. The maximum Gasteiger partial charge on any atom is 0.423 e. The van der Waals surface area contributed by atoms with Crippen LogP contribution in [-0.4, -0.2) is 61.1 Å². The lowest BCUT2D eigenvalue weighted by Gasteiger charge is -2.32. The van der Waals surface area contributed by atoms with E-state index >= 15 is 0 Å². The number of methoxy groups -OCH3 is 1. The number of aromatic nitrogens is 1. The van der Waals surface area contributed by atoms with Crippen molar-refractivity contribution in [2.45, 2.75) is 19.9 Å². The Morgan fingerprint density at radius 3 is 2.50 bits per heavy atom.